The van der Waals surface area contributed by atoms with Crippen molar-refractivity contribution in [3.8, 4) is 11.5 Å². The van der Waals surface area contributed by atoms with E-state index in [-0.39, 0.29) is 24.0 Å². The van der Waals surface area contributed by atoms with Crippen molar-refractivity contribution in [3.63, 3.8) is 0 Å². The van der Waals surface area contributed by atoms with E-state index in [0.29, 0.717) is 17.9 Å². The Balaban J connectivity index is 1.82. The molecule has 0 aliphatic carbocycles. The fourth-order valence-corrected chi connectivity index (χ4v) is 3.42. The van der Waals surface area contributed by atoms with Gasteiger partial charge in [0.05, 0.1) is 26.5 Å². The van der Waals surface area contributed by atoms with Crippen molar-refractivity contribution in [3.05, 3.63) is 76.4 Å². The summed E-state index contributed by atoms with van der Waals surface area (Å²) in [4.78, 5) is 15.5. The number of amides is 1. The SMILES string of the molecule is COc1cccc(/C=C/C(=O)N(Cc2ccco2)Cc2cccs2)c1OC(F)F. The topological polar surface area (TPSA) is 51.9 Å². The molecule has 1 amide bonds. The van der Waals surface area contributed by atoms with E-state index in [9.17, 15) is 13.6 Å². The molecule has 3 aromatic rings. The van der Waals surface area contributed by atoms with Crippen LogP contribution in [0.25, 0.3) is 6.08 Å². The van der Waals surface area contributed by atoms with Crippen molar-refractivity contribution in [2.45, 2.75) is 19.7 Å². The molecule has 152 valence electrons. The summed E-state index contributed by atoms with van der Waals surface area (Å²) >= 11 is 1.54. The smallest absolute Gasteiger partial charge is 0.387 e. The maximum atomic E-state index is 12.8. The lowest BCUT2D eigenvalue weighted by Gasteiger charge is -2.19. The second-order valence-corrected chi connectivity index (χ2v) is 6.98. The van der Waals surface area contributed by atoms with Gasteiger partial charge in [-0.05, 0) is 35.7 Å². The van der Waals surface area contributed by atoms with Gasteiger partial charge in [0, 0.05) is 16.5 Å². The van der Waals surface area contributed by atoms with Crippen LogP contribution in [-0.4, -0.2) is 24.5 Å². The maximum Gasteiger partial charge on any atom is 0.387 e. The highest BCUT2D eigenvalue weighted by atomic mass is 32.1. The maximum absolute atomic E-state index is 12.8. The van der Waals surface area contributed by atoms with Crippen LogP contribution in [0.2, 0.25) is 0 Å². The second-order valence-electron chi connectivity index (χ2n) is 5.94. The van der Waals surface area contributed by atoms with Gasteiger partial charge in [-0.1, -0.05) is 18.2 Å². The molecule has 2 aromatic heterocycles. The zero-order valence-electron chi connectivity index (χ0n) is 15.6. The van der Waals surface area contributed by atoms with Gasteiger partial charge >= 0.3 is 6.61 Å². The third-order valence-corrected chi connectivity index (χ3v) is 4.87. The fraction of sp³-hybridized carbons (Fsp3) is 0.190. The van der Waals surface area contributed by atoms with Gasteiger partial charge in [0.25, 0.3) is 0 Å². The Bertz CT molecular complexity index is 904. The van der Waals surface area contributed by atoms with E-state index in [0.717, 1.165) is 4.88 Å². The van der Waals surface area contributed by atoms with E-state index < -0.39 is 6.61 Å². The van der Waals surface area contributed by atoms with E-state index in [2.05, 4.69) is 4.74 Å². The highest BCUT2D eigenvalue weighted by Gasteiger charge is 2.17. The average molecular weight is 419 g/mol. The van der Waals surface area contributed by atoms with Crippen molar-refractivity contribution in [2.24, 2.45) is 0 Å². The largest absolute Gasteiger partial charge is 0.493 e. The van der Waals surface area contributed by atoms with Crippen LogP contribution in [0.15, 0.2) is 64.6 Å². The molecule has 2 heterocycles. The number of hydrogen-bond acceptors (Lipinski definition) is 5. The van der Waals surface area contributed by atoms with Crippen LogP contribution < -0.4 is 9.47 Å². The van der Waals surface area contributed by atoms with Crippen molar-refractivity contribution < 1.29 is 27.5 Å². The monoisotopic (exact) mass is 419 g/mol. The van der Waals surface area contributed by atoms with Gasteiger partial charge in [0.1, 0.15) is 5.76 Å². The zero-order chi connectivity index (χ0) is 20.6. The standard InChI is InChI=1S/C21H19F2NO4S/c1-26-18-8-2-5-15(20(18)28-21(22)23)9-10-19(25)24(13-16-6-3-11-27-16)14-17-7-4-12-29-17/h2-12,21H,13-14H2,1H3/b10-9+. The third kappa shape index (κ3) is 5.68. The number of benzene rings is 1. The number of rotatable bonds is 9. The van der Waals surface area contributed by atoms with Gasteiger partial charge in [-0.15, -0.1) is 11.3 Å². The lowest BCUT2D eigenvalue weighted by Crippen LogP contribution is -2.28. The third-order valence-electron chi connectivity index (χ3n) is 4.01. The highest BCUT2D eigenvalue weighted by molar-refractivity contribution is 7.09. The first-order valence-electron chi connectivity index (χ1n) is 8.70. The number of methoxy groups -OCH3 is 1. The Labute approximate surface area is 170 Å². The molecule has 0 aliphatic rings. The number of para-hydroxylation sites is 1. The lowest BCUT2D eigenvalue weighted by molar-refractivity contribution is -0.127. The number of ether oxygens (including phenoxy) is 2. The summed E-state index contributed by atoms with van der Waals surface area (Å²) < 4.78 is 40.6. The number of carbonyl (C=O) groups excluding carboxylic acids is 1. The van der Waals surface area contributed by atoms with Crippen LogP contribution in [0.1, 0.15) is 16.2 Å². The van der Waals surface area contributed by atoms with Crippen molar-refractivity contribution in [2.75, 3.05) is 7.11 Å². The quantitative estimate of drug-likeness (QED) is 0.448. The molecule has 1 aromatic carbocycles. The molecule has 0 spiro atoms. The number of alkyl halides is 2. The van der Waals surface area contributed by atoms with Gasteiger partial charge in [0.2, 0.25) is 5.91 Å². The molecule has 0 bridgehead atoms. The van der Waals surface area contributed by atoms with E-state index in [4.69, 9.17) is 9.15 Å². The van der Waals surface area contributed by atoms with Gasteiger partial charge in [-0.2, -0.15) is 8.78 Å². The summed E-state index contributed by atoms with van der Waals surface area (Å²) in [7, 11) is 1.36. The zero-order valence-corrected chi connectivity index (χ0v) is 16.4. The molecule has 0 N–H and O–H groups in total. The van der Waals surface area contributed by atoms with E-state index in [1.807, 2.05) is 17.5 Å². The summed E-state index contributed by atoms with van der Waals surface area (Å²) in [5, 5.41) is 1.94. The number of furan rings is 1. The Morgan fingerprint density at radius 1 is 1.21 bits per heavy atom. The summed E-state index contributed by atoms with van der Waals surface area (Å²) in [6.45, 7) is -2.32. The number of carbonyl (C=O) groups is 1. The molecule has 0 saturated carbocycles. The van der Waals surface area contributed by atoms with Gasteiger partial charge in [0.15, 0.2) is 11.5 Å². The molecule has 3 rings (SSSR count). The Morgan fingerprint density at radius 2 is 2.07 bits per heavy atom. The van der Waals surface area contributed by atoms with E-state index in [1.165, 1.54) is 25.3 Å². The Kier molecular flexibility index (Phi) is 7.02. The predicted molar refractivity (Wildman–Crippen MR) is 106 cm³/mol. The predicted octanol–water partition coefficient (Wildman–Crippen LogP) is 5.19. The number of nitrogens with zero attached hydrogens (tertiary/aromatic N) is 1. The summed E-state index contributed by atoms with van der Waals surface area (Å²) in [6, 6.07) is 12.1. The van der Waals surface area contributed by atoms with Crippen molar-refractivity contribution >= 4 is 23.3 Å². The van der Waals surface area contributed by atoms with Gasteiger partial charge in [-0.25, -0.2) is 0 Å². The molecule has 0 unspecified atom stereocenters. The summed E-state index contributed by atoms with van der Waals surface area (Å²) in [5.41, 5.74) is 0.312. The molecular weight excluding hydrogens is 400 g/mol. The molecule has 0 aliphatic heterocycles. The van der Waals surface area contributed by atoms with Crippen molar-refractivity contribution in [1.82, 2.24) is 4.90 Å². The van der Waals surface area contributed by atoms with Crippen molar-refractivity contribution in [1.29, 1.82) is 0 Å². The minimum atomic E-state index is -3.01. The van der Waals surface area contributed by atoms with E-state index >= 15 is 0 Å². The van der Waals surface area contributed by atoms with Crippen LogP contribution in [0.3, 0.4) is 0 Å². The molecule has 0 radical (unpaired) electrons. The van der Waals surface area contributed by atoms with Crippen LogP contribution in [-0.2, 0) is 17.9 Å². The Morgan fingerprint density at radius 3 is 2.72 bits per heavy atom. The number of halogens is 2. The normalized spacial score (nSPS) is 11.2. The van der Waals surface area contributed by atoms with Crippen LogP contribution in [0, 0.1) is 0 Å². The van der Waals surface area contributed by atoms with Crippen LogP contribution in [0.4, 0.5) is 8.78 Å². The Hall–Kier alpha value is -3.13. The van der Waals surface area contributed by atoms with Gasteiger partial charge < -0.3 is 18.8 Å². The molecule has 0 fully saturated rings. The lowest BCUT2D eigenvalue weighted by atomic mass is 10.1. The number of hydrogen-bond donors (Lipinski definition) is 0. The van der Waals surface area contributed by atoms with Crippen LogP contribution >= 0.6 is 11.3 Å². The first kappa shape index (κ1) is 20.6. The van der Waals surface area contributed by atoms with Gasteiger partial charge in [-0.3, -0.25) is 4.79 Å². The van der Waals surface area contributed by atoms with E-state index in [1.54, 1.807) is 46.8 Å². The molecule has 29 heavy (non-hydrogen) atoms. The van der Waals surface area contributed by atoms with Crippen LogP contribution in [0.5, 0.6) is 11.5 Å². The fourth-order valence-electron chi connectivity index (χ4n) is 2.70. The first-order chi connectivity index (χ1) is 14.1. The molecular formula is C21H19F2NO4S. The summed E-state index contributed by atoms with van der Waals surface area (Å²) in [5.74, 6) is 0.392. The average Bonchev–Trinajstić information content (AvgIpc) is 3.40. The summed E-state index contributed by atoms with van der Waals surface area (Å²) in [6.07, 6.45) is 4.30. The minimum Gasteiger partial charge on any atom is -0.493 e. The highest BCUT2D eigenvalue weighted by Crippen LogP contribution is 2.33. The second kappa shape index (κ2) is 9.88. The number of thiophene rings is 1. The minimum absolute atomic E-state index is 0.120. The first-order valence-corrected chi connectivity index (χ1v) is 9.58. The molecule has 8 heteroatoms. The molecule has 5 nitrogen and oxygen atoms in total. The molecule has 0 saturated heterocycles. The molecule has 0 atom stereocenters.